The highest BCUT2D eigenvalue weighted by Crippen LogP contribution is 2.43. The predicted octanol–water partition coefficient (Wildman–Crippen LogP) is 0.532. The SMILES string of the molecule is O=C(NCCCc1cc(=O)[nH][nH]1)[C@@]12CCCC[C@H]1CNC2. The number of amides is 1. The summed E-state index contributed by atoms with van der Waals surface area (Å²) in [6.45, 7) is 2.48. The average Bonchev–Trinajstić information content (AvgIpc) is 3.10. The largest absolute Gasteiger partial charge is 0.356 e. The Morgan fingerprint density at radius 2 is 2.29 bits per heavy atom. The van der Waals surface area contributed by atoms with Gasteiger partial charge in [-0.2, -0.15) is 0 Å². The highest BCUT2D eigenvalue weighted by molar-refractivity contribution is 5.83. The van der Waals surface area contributed by atoms with E-state index in [1.165, 1.54) is 12.8 Å². The maximum atomic E-state index is 12.6. The number of hydrogen-bond donors (Lipinski definition) is 4. The number of aromatic amines is 2. The van der Waals surface area contributed by atoms with Crippen LogP contribution in [0.5, 0.6) is 0 Å². The molecule has 1 aromatic rings. The minimum absolute atomic E-state index is 0.102. The van der Waals surface area contributed by atoms with Gasteiger partial charge in [0.05, 0.1) is 5.41 Å². The lowest BCUT2D eigenvalue weighted by Gasteiger charge is -2.37. The van der Waals surface area contributed by atoms with Crippen LogP contribution in [0.4, 0.5) is 0 Å². The topological polar surface area (TPSA) is 89.8 Å². The monoisotopic (exact) mass is 292 g/mol. The van der Waals surface area contributed by atoms with E-state index in [1.807, 2.05) is 0 Å². The van der Waals surface area contributed by atoms with Crippen molar-refractivity contribution in [1.29, 1.82) is 0 Å². The minimum atomic E-state index is -0.166. The van der Waals surface area contributed by atoms with E-state index in [1.54, 1.807) is 6.07 Å². The van der Waals surface area contributed by atoms with Gasteiger partial charge in [0.2, 0.25) is 5.91 Å². The molecule has 2 fully saturated rings. The zero-order valence-corrected chi connectivity index (χ0v) is 12.3. The summed E-state index contributed by atoms with van der Waals surface area (Å²) in [6, 6.07) is 1.57. The molecule has 1 aliphatic carbocycles. The number of carbonyl (C=O) groups excluding carboxylic acids is 1. The van der Waals surface area contributed by atoms with Crippen LogP contribution in [-0.4, -0.2) is 35.7 Å². The molecule has 0 bridgehead atoms. The summed E-state index contributed by atoms with van der Waals surface area (Å²) in [5.41, 5.74) is 0.626. The molecule has 0 aromatic carbocycles. The van der Waals surface area contributed by atoms with Gasteiger partial charge in [0.1, 0.15) is 0 Å². The zero-order chi connectivity index (χ0) is 14.7. The molecule has 1 saturated heterocycles. The van der Waals surface area contributed by atoms with Gasteiger partial charge in [0, 0.05) is 24.8 Å². The standard InChI is InChI=1S/C15H24N4O2/c20-13-8-12(18-19-13)5-3-7-17-14(21)15-6-2-1-4-11(15)9-16-10-15/h8,11,16H,1-7,9-10H2,(H,17,21)(H2,18,19,20)/t11-,15+/m0/s1. The van der Waals surface area contributed by atoms with Gasteiger partial charge in [-0.3, -0.25) is 14.7 Å². The van der Waals surface area contributed by atoms with E-state index in [4.69, 9.17) is 0 Å². The van der Waals surface area contributed by atoms with Gasteiger partial charge in [-0.25, -0.2) is 0 Å². The molecule has 21 heavy (non-hydrogen) atoms. The number of carbonyl (C=O) groups is 1. The Morgan fingerprint density at radius 1 is 1.38 bits per heavy atom. The van der Waals surface area contributed by atoms with Crippen LogP contribution in [0.3, 0.4) is 0 Å². The molecule has 116 valence electrons. The molecule has 2 atom stereocenters. The first kappa shape index (κ1) is 14.4. The molecule has 0 unspecified atom stereocenters. The Bertz CT molecular complexity index is 550. The maximum absolute atomic E-state index is 12.6. The highest BCUT2D eigenvalue weighted by atomic mass is 16.2. The lowest BCUT2D eigenvalue weighted by molar-refractivity contribution is -0.134. The fourth-order valence-electron chi connectivity index (χ4n) is 3.85. The normalized spacial score (nSPS) is 28.3. The third-order valence-corrected chi connectivity index (χ3v) is 5.05. The number of hydrogen-bond acceptors (Lipinski definition) is 3. The molecule has 6 heteroatoms. The molecule has 1 amide bonds. The molecule has 1 saturated carbocycles. The summed E-state index contributed by atoms with van der Waals surface area (Å²) in [4.78, 5) is 23.6. The summed E-state index contributed by atoms with van der Waals surface area (Å²) in [7, 11) is 0. The van der Waals surface area contributed by atoms with Gasteiger partial charge in [-0.15, -0.1) is 0 Å². The fraction of sp³-hybridized carbons (Fsp3) is 0.733. The Kier molecular flexibility index (Phi) is 4.14. The molecule has 1 aromatic heterocycles. The second-order valence-corrected chi connectivity index (χ2v) is 6.37. The van der Waals surface area contributed by atoms with Crippen molar-refractivity contribution >= 4 is 5.91 Å². The van der Waals surface area contributed by atoms with Gasteiger partial charge < -0.3 is 15.7 Å². The lowest BCUT2D eigenvalue weighted by atomic mass is 9.67. The molecule has 0 spiro atoms. The first-order valence-electron chi connectivity index (χ1n) is 7.96. The molecule has 2 aliphatic rings. The molecular formula is C15H24N4O2. The van der Waals surface area contributed by atoms with E-state index >= 15 is 0 Å². The van der Waals surface area contributed by atoms with Crippen molar-refractivity contribution < 1.29 is 4.79 Å². The van der Waals surface area contributed by atoms with Crippen molar-refractivity contribution in [2.75, 3.05) is 19.6 Å². The summed E-state index contributed by atoms with van der Waals surface area (Å²) in [5, 5.41) is 11.9. The zero-order valence-electron chi connectivity index (χ0n) is 12.3. The van der Waals surface area contributed by atoms with Gasteiger partial charge >= 0.3 is 0 Å². The van der Waals surface area contributed by atoms with Crippen molar-refractivity contribution in [3.63, 3.8) is 0 Å². The van der Waals surface area contributed by atoms with Crippen LogP contribution in [0.2, 0.25) is 0 Å². The van der Waals surface area contributed by atoms with E-state index in [2.05, 4.69) is 20.8 Å². The van der Waals surface area contributed by atoms with Crippen LogP contribution < -0.4 is 16.2 Å². The number of H-pyrrole nitrogens is 2. The van der Waals surface area contributed by atoms with Crippen LogP contribution in [0.15, 0.2) is 10.9 Å². The first-order valence-corrected chi connectivity index (χ1v) is 7.96. The number of nitrogens with one attached hydrogen (secondary N) is 4. The molecule has 0 radical (unpaired) electrons. The van der Waals surface area contributed by atoms with Crippen LogP contribution in [-0.2, 0) is 11.2 Å². The van der Waals surface area contributed by atoms with E-state index < -0.39 is 0 Å². The third-order valence-electron chi connectivity index (χ3n) is 5.05. The molecule has 4 N–H and O–H groups in total. The fourth-order valence-corrected chi connectivity index (χ4v) is 3.85. The Morgan fingerprint density at radius 3 is 3.10 bits per heavy atom. The Hall–Kier alpha value is -1.56. The minimum Gasteiger partial charge on any atom is -0.356 e. The van der Waals surface area contributed by atoms with Crippen molar-refractivity contribution in [3.05, 3.63) is 22.1 Å². The van der Waals surface area contributed by atoms with E-state index in [0.717, 1.165) is 44.5 Å². The molecule has 2 heterocycles. The number of aromatic nitrogens is 2. The lowest BCUT2D eigenvalue weighted by Crippen LogP contribution is -2.48. The summed E-state index contributed by atoms with van der Waals surface area (Å²) < 4.78 is 0. The van der Waals surface area contributed by atoms with E-state index in [0.29, 0.717) is 12.5 Å². The van der Waals surface area contributed by atoms with Crippen LogP contribution >= 0.6 is 0 Å². The van der Waals surface area contributed by atoms with Crippen molar-refractivity contribution in [2.24, 2.45) is 11.3 Å². The van der Waals surface area contributed by atoms with Crippen molar-refractivity contribution in [3.8, 4) is 0 Å². The van der Waals surface area contributed by atoms with Crippen LogP contribution in [0, 0.1) is 11.3 Å². The summed E-state index contributed by atoms with van der Waals surface area (Å²) in [5.74, 6) is 0.729. The van der Waals surface area contributed by atoms with Crippen LogP contribution in [0.25, 0.3) is 0 Å². The first-order chi connectivity index (χ1) is 10.2. The van der Waals surface area contributed by atoms with Crippen molar-refractivity contribution in [1.82, 2.24) is 20.8 Å². The Labute approximate surface area is 124 Å². The quantitative estimate of drug-likeness (QED) is 0.597. The predicted molar refractivity (Wildman–Crippen MR) is 80.0 cm³/mol. The highest BCUT2D eigenvalue weighted by Gasteiger charge is 2.49. The van der Waals surface area contributed by atoms with Gasteiger partial charge in [0.15, 0.2) is 0 Å². The average molecular weight is 292 g/mol. The summed E-state index contributed by atoms with van der Waals surface area (Å²) >= 11 is 0. The Balaban J connectivity index is 1.48. The second-order valence-electron chi connectivity index (χ2n) is 6.37. The van der Waals surface area contributed by atoms with Crippen LogP contribution in [0.1, 0.15) is 37.8 Å². The number of aryl methyl sites for hydroxylation is 1. The van der Waals surface area contributed by atoms with E-state index in [9.17, 15) is 9.59 Å². The number of rotatable bonds is 5. The van der Waals surface area contributed by atoms with Crippen molar-refractivity contribution in [2.45, 2.75) is 38.5 Å². The van der Waals surface area contributed by atoms with Gasteiger partial charge in [0.25, 0.3) is 5.56 Å². The third kappa shape index (κ3) is 2.90. The second kappa shape index (κ2) is 6.05. The molecule has 6 nitrogen and oxygen atoms in total. The smallest absolute Gasteiger partial charge is 0.264 e. The van der Waals surface area contributed by atoms with Gasteiger partial charge in [-0.05, 0) is 38.1 Å². The molecule has 3 rings (SSSR count). The maximum Gasteiger partial charge on any atom is 0.264 e. The summed E-state index contributed by atoms with van der Waals surface area (Å²) in [6.07, 6.45) is 6.21. The molecular weight excluding hydrogens is 268 g/mol. The molecule has 1 aliphatic heterocycles. The number of fused-ring (bicyclic) bond motifs is 1. The van der Waals surface area contributed by atoms with Gasteiger partial charge in [-0.1, -0.05) is 12.8 Å². The van der Waals surface area contributed by atoms with E-state index in [-0.39, 0.29) is 16.9 Å².